The number of amides is 2. The Balaban J connectivity index is 1.48. The van der Waals surface area contributed by atoms with Crippen molar-refractivity contribution in [1.82, 2.24) is 9.80 Å². The molecule has 31 heavy (non-hydrogen) atoms. The van der Waals surface area contributed by atoms with E-state index in [9.17, 15) is 19.5 Å². The van der Waals surface area contributed by atoms with Gasteiger partial charge in [0.1, 0.15) is 12.6 Å². The summed E-state index contributed by atoms with van der Waals surface area (Å²) < 4.78 is 5.60. The Labute approximate surface area is 181 Å². The number of hydrogen-bond acceptors (Lipinski definition) is 4. The van der Waals surface area contributed by atoms with Crippen LogP contribution in [-0.4, -0.2) is 65.7 Å². The van der Waals surface area contributed by atoms with Gasteiger partial charge in [0, 0.05) is 26.1 Å². The van der Waals surface area contributed by atoms with Gasteiger partial charge in [-0.3, -0.25) is 14.5 Å². The highest BCUT2D eigenvalue weighted by atomic mass is 16.6. The van der Waals surface area contributed by atoms with E-state index in [1.165, 1.54) is 7.05 Å². The molecule has 7 nitrogen and oxygen atoms in total. The van der Waals surface area contributed by atoms with Gasteiger partial charge in [0.25, 0.3) is 0 Å². The number of aliphatic carboxylic acids is 1. The molecule has 2 aromatic rings. The summed E-state index contributed by atoms with van der Waals surface area (Å²) in [5.41, 5.74) is 4.43. The molecule has 0 bridgehead atoms. The first kappa shape index (κ1) is 20.9. The molecule has 1 aliphatic heterocycles. The van der Waals surface area contributed by atoms with Crippen molar-refractivity contribution < 1.29 is 24.2 Å². The van der Waals surface area contributed by atoms with Gasteiger partial charge in [0.15, 0.2) is 0 Å². The van der Waals surface area contributed by atoms with Gasteiger partial charge >= 0.3 is 12.1 Å². The van der Waals surface area contributed by atoms with Gasteiger partial charge in [0.05, 0.1) is 6.42 Å². The molecule has 1 aliphatic carbocycles. The first-order valence-electron chi connectivity index (χ1n) is 10.6. The average molecular weight is 422 g/mol. The summed E-state index contributed by atoms with van der Waals surface area (Å²) in [6, 6.07) is 15.0. The van der Waals surface area contributed by atoms with Crippen LogP contribution in [0.4, 0.5) is 4.79 Å². The van der Waals surface area contributed by atoms with Crippen LogP contribution in [0.2, 0.25) is 0 Å². The molecule has 0 radical (unpaired) electrons. The minimum absolute atomic E-state index is 0.100. The quantitative estimate of drug-likeness (QED) is 0.772. The lowest BCUT2D eigenvalue weighted by Gasteiger charge is -2.29. The highest BCUT2D eigenvalue weighted by Crippen LogP contribution is 2.44. The van der Waals surface area contributed by atoms with E-state index < -0.39 is 24.5 Å². The largest absolute Gasteiger partial charge is 0.481 e. The second-order valence-electron chi connectivity index (χ2n) is 8.06. The zero-order valence-corrected chi connectivity index (χ0v) is 17.5. The van der Waals surface area contributed by atoms with Crippen molar-refractivity contribution in [2.24, 2.45) is 0 Å². The molecule has 0 aromatic heterocycles. The minimum Gasteiger partial charge on any atom is -0.481 e. The number of likely N-dealkylation sites (N-methyl/N-ethyl adjacent to an activating group) is 1. The molecular weight excluding hydrogens is 396 g/mol. The number of hydrogen-bond donors (Lipinski definition) is 1. The smallest absolute Gasteiger partial charge is 0.410 e. The third-order valence-corrected chi connectivity index (χ3v) is 6.16. The average Bonchev–Trinajstić information content (AvgIpc) is 3.42. The third kappa shape index (κ3) is 4.13. The van der Waals surface area contributed by atoms with Gasteiger partial charge < -0.3 is 14.7 Å². The normalized spacial score (nSPS) is 15.8. The van der Waals surface area contributed by atoms with Crippen LogP contribution in [0.3, 0.4) is 0 Å². The van der Waals surface area contributed by atoms with E-state index in [0.29, 0.717) is 13.1 Å². The van der Waals surface area contributed by atoms with E-state index in [2.05, 4.69) is 12.1 Å². The molecule has 2 aliphatic rings. The van der Waals surface area contributed by atoms with Crippen molar-refractivity contribution in [3.63, 3.8) is 0 Å². The first-order valence-corrected chi connectivity index (χ1v) is 10.6. The maximum absolute atomic E-state index is 12.8. The van der Waals surface area contributed by atoms with Crippen LogP contribution >= 0.6 is 0 Å². The molecule has 4 rings (SSSR count). The molecule has 1 heterocycles. The third-order valence-electron chi connectivity index (χ3n) is 6.16. The van der Waals surface area contributed by atoms with Crippen molar-refractivity contribution in [2.45, 2.75) is 31.2 Å². The molecule has 2 amide bonds. The van der Waals surface area contributed by atoms with Crippen LogP contribution < -0.4 is 0 Å². The number of rotatable bonds is 6. The van der Waals surface area contributed by atoms with Crippen LogP contribution in [-0.2, 0) is 14.3 Å². The van der Waals surface area contributed by atoms with E-state index in [1.807, 2.05) is 36.4 Å². The zero-order chi connectivity index (χ0) is 22.0. The number of carbonyl (C=O) groups is 3. The summed E-state index contributed by atoms with van der Waals surface area (Å²) in [7, 11) is 1.43. The molecule has 1 saturated heterocycles. The zero-order valence-electron chi connectivity index (χ0n) is 17.5. The maximum Gasteiger partial charge on any atom is 0.410 e. The molecule has 7 heteroatoms. The predicted molar refractivity (Wildman–Crippen MR) is 115 cm³/mol. The SMILES string of the molecule is CN(C(=O)OCC1c2ccccc2-c2ccccc21)[C@H](CC(=O)O)C(=O)N1CCCC1. The van der Waals surface area contributed by atoms with E-state index in [-0.39, 0.29) is 18.4 Å². The second-order valence-corrected chi connectivity index (χ2v) is 8.06. The van der Waals surface area contributed by atoms with Crippen LogP contribution in [0.5, 0.6) is 0 Å². The molecule has 1 N–H and O–H groups in total. The van der Waals surface area contributed by atoms with Crippen molar-refractivity contribution in [3.8, 4) is 11.1 Å². The van der Waals surface area contributed by atoms with Crippen LogP contribution in [0.1, 0.15) is 36.3 Å². The number of ether oxygens (including phenoxy) is 1. The molecule has 1 atom stereocenters. The highest BCUT2D eigenvalue weighted by Gasteiger charge is 2.35. The molecular formula is C24H26N2O5. The Morgan fingerprint density at radius 3 is 2.13 bits per heavy atom. The fraction of sp³-hybridized carbons (Fsp3) is 0.375. The number of carbonyl (C=O) groups excluding carboxylic acids is 2. The Hall–Kier alpha value is -3.35. The maximum atomic E-state index is 12.8. The van der Waals surface area contributed by atoms with E-state index in [1.54, 1.807) is 4.90 Å². The van der Waals surface area contributed by atoms with Gasteiger partial charge in [-0.2, -0.15) is 0 Å². The van der Waals surface area contributed by atoms with Gasteiger partial charge in [-0.1, -0.05) is 48.5 Å². The lowest BCUT2D eigenvalue weighted by atomic mass is 9.98. The van der Waals surface area contributed by atoms with Crippen LogP contribution in [0.25, 0.3) is 11.1 Å². The van der Waals surface area contributed by atoms with E-state index >= 15 is 0 Å². The first-order chi connectivity index (χ1) is 15.0. The monoisotopic (exact) mass is 422 g/mol. The van der Waals surface area contributed by atoms with Gasteiger partial charge in [-0.05, 0) is 35.1 Å². The molecule has 162 valence electrons. The lowest BCUT2D eigenvalue weighted by Crippen LogP contribution is -2.49. The summed E-state index contributed by atoms with van der Waals surface area (Å²) in [4.78, 5) is 39.7. The predicted octanol–water partition coefficient (Wildman–Crippen LogP) is 3.33. The molecule has 0 saturated carbocycles. The van der Waals surface area contributed by atoms with Gasteiger partial charge in [-0.15, -0.1) is 0 Å². The topological polar surface area (TPSA) is 87.1 Å². The van der Waals surface area contributed by atoms with E-state index in [4.69, 9.17) is 4.74 Å². The summed E-state index contributed by atoms with van der Waals surface area (Å²) >= 11 is 0. The fourth-order valence-corrected chi connectivity index (χ4v) is 4.53. The van der Waals surface area contributed by atoms with Crippen molar-refractivity contribution in [1.29, 1.82) is 0 Å². The van der Waals surface area contributed by atoms with Crippen molar-refractivity contribution >= 4 is 18.0 Å². The molecule has 0 spiro atoms. The molecule has 2 aromatic carbocycles. The van der Waals surface area contributed by atoms with Crippen LogP contribution in [0, 0.1) is 0 Å². The molecule has 1 fully saturated rings. The minimum atomic E-state index is -1.13. The number of carboxylic acid groups (broad SMARTS) is 1. The number of carboxylic acids is 1. The number of benzene rings is 2. The number of fused-ring (bicyclic) bond motifs is 3. The Bertz CT molecular complexity index is 953. The number of likely N-dealkylation sites (tertiary alicyclic amines) is 1. The summed E-state index contributed by atoms with van der Waals surface area (Å²) in [5, 5.41) is 9.28. The summed E-state index contributed by atoms with van der Waals surface area (Å²) in [5.74, 6) is -1.57. The van der Waals surface area contributed by atoms with Gasteiger partial charge in [0.2, 0.25) is 5.91 Å². The molecule has 0 unspecified atom stereocenters. The van der Waals surface area contributed by atoms with Crippen LogP contribution in [0.15, 0.2) is 48.5 Å². The Kier molecular flexibility index (Phi) is 5.93. The summed E-state index contributed by atoms with van der Waals surface area (Å²) in [6.45, 7) is 1.30. The van der Waals surface area contributed by atoms with Gasteiger partial charge in [-0.25, -0.2) is 4.79 Å². The van der Waals surface area contributed by atoms with Crippen molar-refractivity contribution in [3.05, 3.63) is 59.7 Å². The Morgan fingerprint density at radius 1 is 1.03 bits per heavy atom. The highest BCUT2D eigenvalue weighted by molar-refractivity contribution is 5.89. The fourth-order valence-electron chi connectivity index (χ4n) is 4.53. The second kappa shape index (κ2) is 8.79. The standard InChI is InChI=1S/C24H26N2O5/c1-25(21(14-22(27)28)23(29)26-12-6-7-13-26)24(30)31-15-20-18-10-4-2-8-16(18)17-9-3-5-11-19(17)20/h2-5,8-11,20-21H,6-7,12-15H2,1H3,(H,27,28)/t21-/m1/s1. The Morgan fingerprint density at radius 2 is 1.58 bits per heavy atom. The lowest BCUT2D eigenvalue weighted by molar-refractivity contribution is -0.144. The number of nitrogens with zero attached hydrogens (tertiary/aromatic N) is 2. The summed E-state index contributed by atoms with van der Waals surface area (Å²) in [6.07, 6.45) is 0.636. The van der Waals surface area contributed by atoms with Crippen molar-refractivity contribution in [2.75, 3.05) is 26.7 Å². The van der Waals surface area contributed by atoms with E-state index in [0.717, 1.165) is 40.0 Å².